The molecule has 0 saturated carbocycles. The molecule has 35 heavy (non-hydrogen) atoms. The van der Waals surface area contributed by atoms with Crippen molar-refractivity contribution in [3.05, 3.63) is 72.5 Å². The van der Waals surface area contributed by atoms with Gasteiger partial charge in [0.15, 0.2) is 0 Å². The number of hydrogen-bond acceptors (Lipinski definition) is 5. The van der Waals surface area contributed by atoms with Crippen molar-refractivity contribution in [2.75, 3.05) is 13.1 Å². The highest BCUT2D eigenvalue weighted by atomic mass is 19.1. The van der Waals surface area contributed by atoms with E-state index in [1.54, 1.807) is 28.2 Å². The molecular formula is C26H29FN6O2. The molecule has 0 atom stereocenters. The summed E-state index contributed by atoms with van der Waals surface area (Å²) in [6, 6.07) is 9.59. The van der Waals surface area contributed by atoms with Crippen LogP contribution in [0, 0.1) is 5.82 Å². The first-order valence-electron chi connectivity index (χ1n) is 11.8. The lowest BCUT2D eigenvalue weighted by atomic mass is 9.90. The summed E-state index contributed by atoms with van der Waals surface area (Å²) in [6.45, 7) is 7.11. The maximum absolute atomic E-state index is 15.1. The number of pyridine rings is 1. The summed E-state index contributed by atoms with van der Waals surface area (Å²) in [5, 5.41) is 5.20. The van der Waals surface area contributed by atoms with Crippen LogP contribution in [0.15, 0.2) is 55.4 Å². The maximum Gasteiger partial charge on any atom is 0.410 e. The smallest absolute Gasteiger partial charge is 0.410 e. The fraction of sp³-hybridized carbons (Fsp3) is 0.385. The van der Waals surface area contributed by atoms with Crippen molar-refractivity contribution >= 4 is 17.0 Å². The van der Waals surface area contributed by atoms with Crippen LogP contribution in [0.2, 0.25) is 0 Å². The molecule has 1 aromatic carbocycles. The number of fused-ring (bicyclic) bond motifs is 1. The molecule has 1 fully saturated rings. The van der Waals surface area contributed by atoms with Crippen LogP contribution in [-0.4, -0.2) is 54.0 Å². The Bertz CT molecular complexity index is 1330. The molecule has 4 aromatic rings. The summed E-state index contributed by atoms with van der Waals surface area (Å²) < 4.78 is 24.2. The minimum atomic E-state index is -0.512. The second-order valence-electron chi connectivity index (χ2n) is 9.97. The molecule has 9 heteroatoms. The van der Waals surface area contributed by atoms with Crippen molar-refractivity contribution in [1.82, 2.24) is 29.2 Å². The summed E-state index contributed by atoms with van der Waals surface area (Å²) >= 11 is 0. The lowest BCUT2D eigenvalue weighted by molar-refractivity contribution is 0.0204. The van der Waals surface area contributed by atoms with Gasteiger partial charge in [0.05, 0.1) is 17.9 Å². The molecule has 1 amide bonds. The van der Waals surface area contributed by atoms with Gasteiger partial charge in [0, 0.05) is 36.4 Å². The van der Waals surface area contributed by atoms with Gasteiger partial charge in [0.25, 0.3) is 0 Å². The molecule has 0 N–H and O–H groups in total. The summed E-state index contributed by atoms with van der Waals surface area (Å²) in [6.07, 6.45) is 8.10. The molecule has 0 radical (unpaired) electrons. The number of ether oxygens (including phenoxy) is 1. The van der Waals surface area contributed by atoms with E-state index in [9.17, 15) is 4.79 Å². The van der Waals surface area contributed by atoms with E-state index in [2.05, 4.69) is 15.1 Å². The lowest BCUT2D eigenvalue weighted by Gasteiger charge is -2.33. The van der Waals surface area contributed by atoms with E-state index in [-0.39, 0.29) is 17.8 Å². The van der Waals surface area contributed by atoms with Gasteiger partial charge in [0.2, 0.25) is 0 Å². The third-order valence-electron chi connectivity index (χ3n) is 6.31. The van der Waals surface area contributed by atoms with Crippen LogP contribution >= 0.6 is 0 Å². The number of likely N-dealkylation sites (tertiary alicyclic amines) is 1. The van der Waals surface area contributed by atoms with E-state index < -0.39 is 5.60 Å². The molecule has 4 heterocycles. The van der Waals surface area contributed by atoms with Crippen molar-refractivity contribution in [3.8, 4) is 5.69 Å². The quantitative estimate of drug-likeness (QED) is 0.418. The largest absolute Gasteiger partial charge is 0.444 e. The Labute approximate surface area is 203 Å². The summed E-state index contributed by atoms with van der Waals surface area (Å²) in [5.74, 6) is -0.134. The number of hydrogen-bond donors (Lipinski definition) is 0. The SMILES string of the molecule is CC(C)(C)OC(=O)N1CCC(c2cnc(Cn3ccc4cc(-n5cncn5)ccc43)c(F)c2)CC1. The van der Waals surface area contributed by atoms with Crippen LogP contribution < -0.4 is 0 Å². The predicted molar refractivity (Wildman–Crippen MR) is 130 cm³/mol. The number of amides is 1. The number of aromatic nitrogens is 5. The first-order chi connectivity index (χ1) is 16.8. The Balaban J connectivity index is 1.25. The minimum absolute atomic E-state index is 0.173. The van der Waals surface area contributed by atoms with Crippen molar-refractivity contribution in [2.24, 2.45) is 0 Å². The highest BCUT2D eigenvalue weighted by molar-refractivity contribution is 5.82. The molecule has 0 bridgehead atoms. The van der Waals surface area contributed by atoms with Crippen LogP contribution in [0.25, 0.3) is 16.6 Å². The molecule has 0 aliphatic carbocycles. The van der Waals surface area contributed by atoms with Crippen LogP contribution in [0.3, 0.4) is 0 Å². The summed E-state index contributed by atoms with van der Waals surface area (Å²) in [4.78, 5) is 22.5. The zero-order valence-electron chi connectivity index (χ0n) is 20.2. The highest BCUT2D eigenvalue weighted by Gasteiger charge is 2.28. The average molecular weight is 477 g/mol. The number of carbonyl (C=O) groups is 1. The molecule has 1 aliphatic heterocycles. The minimum Gasteiger partial charge on any atom is -0.444 e. The van der Waals surface area contributed by atoms with Crippen LogP contribution in [-0.2, 0) is 11.3 Å². The zero-order valence-corrected chi connectivity index (χ0v) is 20.2. The molecule has 8 nitrogen and oxygen atoms in total. The molecule has 182 valence electrons. The number of carbonyl (C=O) groups excluding carboxylic acids is 1. The number of halogens is 1. The van der Waals surface area contributed by atoms with Crippen molar-refractivity contribution in [3.63, 3.8) is 0 Å². The topological polar surface area (TPSA) is 78.1 Å². The zero-order chi connectivity index (χ0) is 24.6. The van der Waals surface area contributed by atoms with Gasteiger partial charge in [-0.15, -0.1) is 0 Å². The Morgan fingerprint density at radius 3 is 2.66 bits per heavy atom. The van der Waals surface area contributed by atoms with Gasteiger partial charge in [-0.05, 0) is 75.4 Å². The average Bonchev–Trinajstić information content (AvgIpc) is 3.50. The monoisotopic (exact) mass is 476 g/mol. The van der Waals surface area contributed by atoms with Gasteiger partial charge in [0.1, 0.15) is 24.1 Å². The normalized spacial score (nSPS) is 15.0. The van der Waals surface area contributed by atoms with Crippen LogP contribution in [0.4, 0.5) is 9.18 Å². The molecule has 3 aromatic heterocycles. The number of rotatable bonds is 4. The third kappa shape index (κ3) is 5.03. The first-order valence-corrected chi connectivity index (χ1v) is 11.8. The predicted octanol–water partition coefficient (Wildman–Crippen LogP) is 4.92. The van der Waals surface area contributed by atoms with E-state index >= 15 is 4.39 Å². The van der Waals surface area contributed by atoms with Gasteiger partial charge in [-0.3, -0.25) is 4.98 Å². The van der Waals surface area contributed by atoms with Gasteiger partial charge in [-0.2, -0.15) is 5.10 Å². The first kappa shape index (κ1) is 23.0. The van der Waals surface area contributed by atoms with E-state index in [1.807, 2.05) is 55.8 Å². The molecule has 0 unspecified atom stereocenters. The van der Waals surface area contributed by atoms with Crippen LogP contribution in [0.1, 0.15) is 50.8 Å². The second kappa shape index (κ2) is 9.13. The van der Waals surface area contributed by atoms with Crippen LogP contribution in [0.5, 0.6) is 0 Å². The highest BCUT2D eigenvalue weighted by Crippen LogP contribution is 2.29. The number of piperidine rings is 1. The standard InChI is InChI=1S/C26H29FN6O2/c1-26(2,3)35-25(34)31-9-6-18(7-10-31)20-13-22(27)23(29-14-20)15-32-11-8-19-12-21(4-5-24(19)32)33-17-28-16-30-33/h4-5,8,11-14,16-18H,6-7,9-10,15H2,1-3H3. The third-order valence-corrected chi connectivity index (χ3v) is 6.31. The summed E-state index contributed by atoms with van der Waals surface area (Å²) in [7, 11) is 0. The fourth-order valence-corrected chi connectivity index (χ4v) is 4.51. The van der Waals surface area contributed by atoms with Gasteiger partial charge in [-0.25, -0.2) is 18.9 Å². The number of benzene rings is 1. The molecule has 1 saturated heterocycles. The van der Waals surface area contributed by atoms with Gasteiger partial charge < -0.3 is 14.2 Å². The van der Waals surface area contributed by atoms with E-state index in [0.717, 1.165) is 35.0 Å². The van der Waals surface area contributed by atoms with E-state index in [4.69, 9.17) is 4.74 Å². The molecule has 1 aliphatic rings. The number of nitrogens with zero attached hydrogens (tertiary/aromatic N) is 6. The maximum atomic E-state index is 15.1. The van der Waals surface area contributed by atoms with E-state index in [0.29, 0.717) is 25.3 Å². The van der Waals surface area contributed by atoms with Gasteiger partial charge in [-0.1, -0.05) is 0 Å². The second-order valence-corrected chi connectivity index (χ2v) is 9.97. The lowest BCUT2D eigenvalue weighted by Crippen LogP contribution is -2.41. The Hall–Kier alpha value is -3.75. The summed E-state index contributed by atoms with van der Waals surface area (Å²) in [5.41, 5.74) is 2.68. The van der Waals surface area contributed by atoms with Crippen molar-refractivity contribution < 1.29 is 13.9 Å². The van der Waals surface area contributed by atoms with Crippen molar-refractivity contribution in [1.29, 1.82) is 0 Å². The Morgan fingerprint density at radius 2 is 1.97 bits per heavy atom. The fourth-order valence-electron chi connectivity index (χ4n) is 4.51. The Kier molecular flexibility index (Phi) is 6.00. The van der Waals surface area contributed by atoms with E-state index in [1.165, 1.54) is 6.33 Å². The molecule has 5 rings (SSSR count). The van der Waals surface area contributed by atoms with Crippen molar-refractivity contribution in [2.45, 2.75) is 51.7 Å². The van der Waals surface area contributed by atoms with Gasteiger partial charge >= 0.3 is 6.09 Å². The molecular weight excluding hydrogens is 447 g/mol. The Morgan fingerprint density at radius 1 is 1.17 bits per heavy atom. The molecule has 0 spiro atoms.